The van der Waals surface area contributed by atoms with Crippen molar-refractivity contribution in [1.29, 1.82) is 0 Å². The number of hydrogen-bond acceptors (Lipinski definition) is 7. The van der Waals surface area contributed by atoms with Gasteiger partial charge in [0, 0.05) is 0 Å². The molecule has 118 valence electrons. The molecule has 0 aromatic carbocycles. The first-order chi connectivity index (χ1) is 9.40. The molecule has 0 aliphatic carbocycles. The van der Waals surface area contributed by atoms with Crippen LogP contribution < -0.4 is 5.32 Å². The molecule has 1 saturated heterocycles. The molecular formula is C12H23NO7. The Morgan fingerprint density at radius 2 is 2.00 bits per heavy atom. The Balaban J connectivity index is 2.55. The molecule has 0 radical (unpaired) electrons. The standard InChI is InChI=1S/C12H23NO7/c1-3-4-6(2)19-12(18)13-8-10(16)9(15)7(5-14)20-11(8)17/h6-11,14-17H,3-5H2,1-2H3,(H,13,18). The van der Waals surface area contributed by atoms with Crippen molar-refractivity contribution in [2.75, 3.05) is 6.61 Å². The fourth-order valence-corrected chi connectivity index (χ4v) is 2.07. The zero-order valence-electron chi connectivity index (χ0n) is 11.6. The second-order valence-corrected chi connectivity index (χ2v) is 4.90. The zero-order chi connectivity index (χ0) is 15.3. The molecule has 1 fully saturated rings. The summed E-state index contributed by atoms with van der Waals surface area (Å²) in [5.41, 5.74) is 0. The molecule has 5 N–H and O–H groups in total. The Morgan fingerprint density at radius 3 is 2.55 bits per heavy atom. The quantitative estimate of drug-likeness (QED) is 0.426. The highest BCUT2D eigenvalue weighted by molar-refractivity contribution is 5.68. The molecule has 0 aromatic rings. The van der Waals surface area contributed by atoms with Crippen LogP contribution >= 0.6 is 0 Å². The first-order valence-corrected chi connectivity index (χ1v) is 6.68. The van der Waals surface area contributed by atoms with Gasteiger partial charge in [0.2, 0.25) is 0 Å². The van der Waals surface area contributed by atoms with Gasteiger partial charge in [0.1, 0.15) is 30.5 Å². The number of aliphatic hydroxyl groups excluding tert-OH is 4. The lowest BCUT2D eigenvalue weighted by atomic mass is 9.97. The van der Waals surface area contributed by atoms with Crippen LogP contribution in [0.2, 0.25) is 0 Å². The van der Waals surface area contributed by atoms with Crippen LogP contribution in [-0.4, -0.2) is 69.9 Å². The summed E-state index contributed by atoms with van der Waals surface area (Å²) in [6, 6.07) is -1.23. The van der Waals surface area contributed by atoms with E-state index in [1.54, 1.807) is 6.92 Å². The maximum absolute atomic E-state index is 11.6. The number of rotatable bonds is 5. The highest BCUT2D eigenvalue weighted by atomic mass is 16.6. The van der Waals surface area contributed by atoms with Crippen molar-refractivity contribution in [1.82, 2.24) is 5.32 Å². The van der Waals surface area contributed by atoms with E-state index in [4.69, 9.17) is 14.6 Å². The van der Waals surface area contributed by atoms with Gasteiger partial charge in [-0.1, -0.05) is 13.3 Å². The van der Waals surface area contributed by atoms with Crippen LogP contribution in [0.3, 0.4) is 0 Å². The number of nitrogens with one attached hydrogen (secondary N) is 1. The Bertz CT molecular complexity index is 314. The number of amides is 1. The van der Waals surface area contributed by atoms with Gasteiger partial charge in [-0.25, -0.2) is 4.79 Å². The molecule has 0 saturated carbocycles. The summed E-state index contributed by atoms with van der Waals surface area (Å²) in [5.74, 6) is 0. The van der Waals surface area contributed by atoms with E-state index < -0.39 is 43.3 Å². The first-order valence-electron chi connectivity index (χ1n) is 6.68. The molecular weight excluding hydrogens is 270 g/mol. The van der Waals surface area contributed by atoms with Crippen molar-refractivity contribution >= 4 is 6.09 Å². The van der Waals surface area contributed by atoms with E-state index in [-0.39, 0.29) is 6.10 Å². The summed E-state index contributed by atoms with van der Waals surface area (Å²) in [4.78, 5) is 11.6. The van der Waals surface area contributed by atoms with E-state index in [0.29, 0.717) is 6.42 Å². The normalized spacial score (nSPS) is 35.4. The van der Waals surface area contributed by atoms with Crippen molar-refractivity contribution in [3.05, 3.63) is 0 Å². The smallest absolute Gasteiger partial charge is 0.407 e. The molecule has 6 unspecified atom stereocenters. The Kier molecular flexibility index (Phi) is 6.63. The molecule has 0 aromatic heterocycles. The molecule has 1 rings (SSSR count). The van der Waals surface area contributed by atoms with Gasteiger partial charge >= 0.3 is 6.09 Å². The fraction of sp³-hybridized carbons (Fsp3) is 0.917. The van der Waals surface area contributed by atoms with Crippen LogP contribution in [0.25, 0.3) is 0 Å². The summed E-state index contributed by atoms with van der Waals surface area (Å²) in [6.45, 7) is 3.12. The summed E-state index contributed by atoms with van der Waals surface area (Å²) >= 11 is 0. The number of ether oxygens (including phenoxy) is 2. The van der Waals surface area contributed by atoms with E-state index in [1.165, 1.54) is 0 Å². The molecule has 20 heavy (non-hydrogen) atoms. The van der Waals surface area contributed by atoms with Crippen LogP contribution in [-0.2, 0) is 9.47 Å². The molecule has 1 aliphatic heterocycles. The number of alkyl carbamates (subject to hydrolysis) is 1. The second-order valence-electron chi connectivity index (χ2n) is 4.90. The third-order valence-electron chi connectivity index (χ3n) is 3.19. The highest BCUT2D eigenvalue weighted by Gasteiger charge is 2.44. The van der Waals surface area contributed by atoms with Crippen LogP contribution in [0.4, 0.5) is 4.79 Å². The molecule has 8 heteroatoms. The zero-order valence-corrected chi connectivity index (χ0v) is 11.6. The van der Waals surface area contributed by atoms with Gasteiger partial charge in [-0.3, -0.25) is 0 Å². The van der Waals surface area contributed by atoms with Gasteiger partial charge in [0.25, 0.3) is 0 Å². The monoisotopic (exact) mass is 293 g/mol. The Labute approximate surface area is 117 Å². The predicted octanol–water partition coefficient (Wildman–Crippen LogP) is -1.30. The van der Waals surface area contributed by atoms with E-state index in [1.807, 2.05) is 6.92 Å². The minimum absolute atomic E-state index is 0.297. The van der Waals surface area contributed by atoms with Crippen molar-refractivity contribution in [2.24, 2.45) is 0 Å². The molecule has 1 heterocycles. The van der Waals surface area contributed by atoms with Crippen molar-refractivity contribution in [3.8, 4) is 0 Å². The Morgan fingerprint density at radius 1 is 1.35 bits per heavy atom. The lowest BCUT2D eigenvalue weighted by Crippen LogP contribution is -2.64. The number of carbonyl (C=O) groups excluding carboxylic acids is 1. The third-order valence-corrected chi connectivity index (χ3v) is 3.19. The van der Waals surface area contributed by atoms with Gasteiger partial charge in [-0.15, -0.1) is 0 Å². The number of carbonyl (C=O) groups is 1. The largest absolute Gasteiger partial charge is 0.447 e. The average molecular weight is 293 g/mol. The Hall–Kier alpha value is -0.930. The van der Waals surface area contributed by atoms with Crippen LogP contribution in [0, 0.1) is 0 Å². The molecule has 6 atom stereocenters. The maximum atomic E-state index is 11.6. The van der Waals surface area contributed by atoms with Gasteiger partial charge in [0.15, 0.2) is 6.29 Å². The lowest BCUT2D eigenvalue weighted by molar-refractivity contribution is -0.253. The third kappa shape index (κ3) is 4.29. The van der Waals surface area contributed by atoms with Crippen LogP contribution in [0.5, 0.6) is 0 Å². The molecule has 0 spiro atoms. The minimum Gasteiger partial charge on any atom is -0.447 e. The fourth-order valence-electron chi connectivity index (χ4n) is 2.07. The number of hydrogen-bond donors (Lipinski definition) is 5. The summed E-state index contributed by atoms with van der Waals surface area (Å²) < 4.78 is 9.93. The molecule has 8 nitrogen and oxygen atoms in total. The summed E-state index contributed by atoms with van der Waals surface area (Å²) in [6.07, 6.45) is -5.10. The van der Waals surface area contributed by atoms with E-state index in [9.17, 15) is 20.1 Å². The van der Waals surface area contributed by atoms with Crippen LogP contribution in [0.1, 0.15) is 26.7 Å². The van der Waals surface area contributed by atoms with Crippen molar-refractivity contribution in [3.63, 3.8) is 0 Å². The first kappa shape index (κ1) is 17.1. The van der Waals surface area contributed by atoms with Gasteiger partial charge in [-0.2, -0.15) is 0 Å². The summed E-state index contributed by atoms with van der Waals surface area (Å²) in [5, 5.41) is 40.3. The average Bonchev–Trinajstić information content (AvgIpc) is 2.39. The molecule has 0 bridgehead atoms. The van der Waals surface area contributed by atoms with Crippen LogP contribution in [0.15, 0.2) is 0 Å². The van der Waals surface area contributed by atoms with Gasteiger partial charge < -0.3 is 35.2 Å². The van der Waals surface area contributed by atoms with Crippen molar-refractivity contribution in [2.45, 2.75) is 63.4 Å². The van der Waals surface area contributed by atoms with E-state index in [0.717, 1.165) is 6.42 Å². The van der Waals surface area contributed by atoms with Gasteiger partial charge in [0.05, 0.1) is 6.61 Å². The minimum atomic E-state index is -1.54. The second kappa shape index (κ2) is 7.75. The van der Waals surface area contributed by atoms with Gasteiger partial charge in [-0.05, 0) is 13.3 Å². The highest BCUT2D eigenvalue weighted by Crippen LogP contribution is 2.19. The molecule has 1 amide bonds. The van der Waals surface area contributed by atoms with E-state index in [2.05, 4.69) is 5.32 Å². The van der Waals surface area contributed by atoms with Crippen molar-refractivity contribution < 1.29 is 34.7 Å². The van der Waals surface area contributed by atoms with E-state index >= 15 is 0 Å². The maximum Gasteiger partial charge on any atom is 0.407 e. The lowest BCUT2D eigenvalue weighted by Gasteiger charge is -2.40. The predicted molar refractivity (Wildman–Crippen MR) is 67.8 cm³/mol. The SMILES string of the molecule is CCCC(C)OC(=O)NC1C(O)OC(CO)C(O)C1O. The number of aliphatic hydroxyl groups is 4. The molecule has 1 aliphatic rings. The summed E-state index contributed by atoms with van der Waals surface area (Å²) in [7, 11) is 0. The topological polar surface area (TPSA) is 128 Å².